The largest absolute Gasteiger partial charge is 0.490 e. The van der Waals surface area contributed by atoms with Crippen LogP contribution in [-0.4, -0.2) is 28.6 Å². The van der Waals surface area contributed by atoms with E-state index >= 15 is 0 Å². The van der Waals surface area contributed by atoms with Crippen LogP contribution in [0, 0.1) is 0 Å². The number of fused-ring (bicyclic) bond motifs is 1. The predicted octanol–water partition coefficient (Wildman–Crippen LogP) is 3.33. The molecule has 0 radical (unpaired) electrons. The lowest BCUT2D eigenvalue weighted by atomic mass is 10.3. The van der Waals surface area contributed by atoms with E-state index in [0.717, 1.165) is 10.2 Å². The van der Waals surface area contributed by atoms with E-state index in [1.807, 2.05) is 48.7 Å². The molecule has 0 unspecified atom stereocenters. The second kappa shape index (κ2) is 6.62. The monoisotopic (exact) mass is 360 g/mol. The number of ether oxygens (including phenoxy) is 2. The second-order valence-electron chi connectivity index (χ2n) is 4.53. The lowest BCUT2D eigenvalue weighted by molar-refractivity contribution is 0.0444. The zero-order valence-electron chi connectivity index (χ0n) is 11.6. The van der Waals surface area contributed by atoms with Gasteiger partial charge in [-0.1, -0.05) is 28.1 Å². The number of imidazole rings is 1. The van der Waals surface area contributed by atoms with E-state index in [9.17, 15) is 4.79 Å². The molecule has 0 aliphatic rings. The number of benzene rings is 1. The maximum absolute atomic E-state index is 11.9. The summed E-state index contributed by atoms with van der Waals surface area (Å²) in [5, 5.41) is 0. The molecule has 0 bridgehead atoms. The Morgan fingerprint density at radius 1 is 1.18 bits per heavy atom. The molecule has 0 saturated carbocycles. The number of nitrogens with zero attached hydrogens (tertiary/aromatic N) is 2. The van der Waals surface area contributed by atoms with Crippen molar-refractivity contribution in [1.29, 1.82) is 0 Å². The van der Waals surface area contributed by atoms with E-state index in [4.69, 9.17) is 9.47 Å². The number of hydrogen-bond acceptors (Lipinski definition) is 4. The quantitative estimate of drug-likeness (QED) is 0.517. The SMILES string of the molecule is O=C(OCCOc1cccc(Br)c1)c1cn2ccccc2n1. The van der Waals surface area contributed by atoms with Crippen molar-refractivity contribution >= 4 is 27.5 Å². The predicted molar refractivity (Wildman–Crippen MR) is 85.1 cm³/mol. The van der Waals surface area contributed by atoms with Crippen molar-refractivity contribution in [3.8, 4) is 5.75 Å². The Morgan fingerprint density at radius 3 is 2.91 bits per heavy atom. The number of halogens is 1. The van der Waals surface area contributed by atoms with Gasteiger partial charge in [-0.15, -0.1) is 0 Å². The molecule has 2 aromatic heterocycles. The molecule has 0 spiro atoms. The summed E-state index contributed by atoms with van der Waals surface area (Å²) in [5.41, 5.74) is 0.994. The molecule has 0 fully saturated rings. The molecule has 6 heteroatoms. The third kappa shape index (κ3) is 3.46. The molecule has 1 aromatic carbocycles. The number of rotatable bonds is 5. The molecule has 0 N–H and O–H groups in total. The van der Waals surface area contributed by atoms with Gasteiger partial charge in [-0.05, 0) is 30.3 Å². The normalized spacial score (nSPS) is 10.6. The average molecular weight is 361 g/mol. The zero-order valence-corrected chi connectivity index (χ0v) is 13.2. The standard InChI is InChI=1S/C16H13BrN2O3/c17-12-4-3-5-13(10-12)21-8-9-22-16(20)14-11-19-7-2-1-6-15(19)18-14/h1-7,10-11H,8-9H2. The van der Waals surface area contributed by atoms with Gasteiger partial charge in [0.1, 0.15) is 24.6 Å². The van der Waals surface area contributed by atoms with Gasteiger partial charge in [0.15, 0.2) is 5.69 Å². The van der Waals surface area contributed by atoms with E-state index < -0.39 is 5.97 Å². The molecule has 3 aromatic rings. The van der Waals surface area contributed by atoms with Gasteiger partial charge in [-0.2, -0.15) is 0 Å². The molecule has 5 nitrogen and oxygen atoms in total. The highest BCUT2D eigenvalue weighted by atomic mass is 79.9. The van der Waals surface area contributed by atoms with Gasteiger partial charge >= 0.3 is 5.97 Å². The van der Waals surface area contributed by atoms with Crippen LogP contribution in [0.25, 0.3) is 5.65 Å². The van der Waals surface area contributed by atoms with Crippen molar-refractivity contribution in [1.82, 2.24) is 9.38 Å². The van der Waals surface area contributed by atoms with Crippen LogP contribution in [0.1, 0.15) is 10.5 Å². The molecule has 0 atom stereocenters. The van der Waals surface area contributed by atoms with Crippen molar-refractivity contribution in [2.75, 3.05) is 13.2 Å². The summed E-state index contributed by atoms with van der Waals surface area (Å²) >= 11 is 3.37. The van der Waals surface area contributed by atoms with Crippen LogP contribution in [0.3, 0.4) is 0 Å². The Balaban J connectivity index is 1.52. The highest BCUT2D eigenvalue weighted by molar-refractivity contribution is 9.10. The number of carbonyl (C=O) groups is 1. The van der Waals surface area contributed by atoms with Gasteiger partial charge in [0, 0.05) is 16.9 Å². The Kier molecular flexibility index (Phi) is 4.39. The highest BCUT2D eigenvalue weighted by Gasteiger charge is 2.11. The number of hydrogen-bond donors (Lipinski definition) is 0. The lowest BCUT2D eigenvalue weighted by Crippen LogP contribution is -2.12. The molecule has 0 aliphatic carbocycles. The van der Waals surface area contributed by atoms with E-state index in [2.05, 4.69) is 20.9 Å². The summed E-state index contributed by atoms with van der Waals surface area (Å²) in [7, 11) is 0. The molecular formula is C16H13BrN2O3. The van der Waals surface area contributed by atoms with Crippen molar-refractivity contribution in [2.45, 2.75) is 0 Å². The summed E-state index contributed by atoms with van der Waals surface area (Å²) in [6.07, 6.45) is 3.47. The highest BCUT2D eigenvalue weighted by Crippen LogP contribution is 2.17. The molecule has 3 rings (SSSR count). The zero-order chi connectivity index (χ0) is 15.4. The summed E-state index contributed by atoms with van der Waals surface area (Å²) in [6.45, 7) is 0.453. The van der Waals surface area contributed by atoms with Crippen molar-refractivity contribution in [2.24, 2.45) is 0 Å². The van der Waals surface area contributed by atoms with Crippen LogP contribution in [0.4, 0.5) is 0 Å². The van der Waals surface area contributed by atoms with Crippen LogP contribution < -0.4 is 4.74 Å². The number of pyridine rings is 1. The summed E-state index contributed by atoms with van der Waals surface area (Å²) in [5.74, 6) is 0.264. The van der Waals surface area contributed by atoms with Gasteiger partial charge in [-0.3, -0.25) is 0 Å². The minimum atomic E-state index is -0.457. The fraction of sp³-hybridized carbons (Fsp3) is 0.125. The van der Waals surface area contributed by atoms with E-state index in [0.29, 0.717) is 5.65 Å². The fourth-order valence-corrected chi connectivity index (χ4v) is 2.34. The van der Waals surface area contributed by atoms with Crippen LogP contribution in [0.2, 0.25) is 0 Å². The minimum Gasteiger partial charge on any atom is -0.490 e. The molecule has 0 aliphatic heterocycles. The van der Waals surface area contributed by atoms with Gasteiger partial charge in [0.25, 0.3) is 0 Å². The minimum absolute atomic E-state index is 0.166. The molecular weight excluding hydrogens is 348 g/mol. The van der Waals surface area contributed by atoms with Gasteiger partial charge in [-0.25, -0.2) is 9.78 Å². The molecule has 22 heavy (non-hydrogen) atoms. The van der Waals surface area contributed by atoms with Crippen LogP contribution in [0.5, 0.6) is 5.75 Å². The maximum atomic E-state index is 11.9. The van der Waals surface area contributed by atoms with Gasteiger partial charge in [0.2, 0.25) is 0 Å². The Morgan fingerprint density at radius 2 is 2.09 bits per heavy atom. The topological polar surface area (TPSA) is 52.8 Å². The molecule has 0 amide bonds. The average Bonchev–Trinajstić information content (AvgIpc) is 2.95. The van der Waals surface area contributed by atoms with E-state index in [1.54, 1.807) is 10.6 Å². The molecule has 0 saturated heterocycles. The third-order valence-electron chi connectivity index (χ3n) is 2.95. The van der Waals surface area contributed by atoms with Gasteiger partial charge in [0.05, 0.1) is 0 Å². The number of carbonyl (C=O) groups excluding carboxylic acids is 1. The van der Waals surface area contributed by atoms with E-state index in [1.165, 1.54) is 0 Å². The maximum Gasteiger partial charge on any atom is 0.358 e. The number of aromatic nitrogens is 2. The Hall–Kier alpha value is -2.34. The van der Waals surface area contributed by atoms with Gasteiger partial charge < -0.3 is 13.9 Å². The lowest BCUT2D eigenvalue weighted by Gasteiger charge is -2.06. The van der Waals surface area contributed by atoms with Crippen molar-refractivity contribution < 1.29 is 14.3 Å². The smallest absolute Gasteiger partial charge is 0.358 e. The Labute approximate surface area is 135 Å². The summed E-state index contributed by atoms with van der Waals surface area (Å²) in [6, 6.07) is 13.0. The first kappa shape index (κ1) is 14.6. The second-order valence-corrected chi connectivity index (χ2v) is 5.45. The van der Waals surface area contributed by atoms with Crippen LogP contribution in [-0.2, 0) is 4.74 Å². The Bertz CT molecular complexity index is 768. The summed E-state index contributed by atoms with van der Waals surface area (Å²) < 4.78 is 13.4. The van der Waals surface area contributed by atoms with Crippen molar-refractivity contribution in [3.63, 3.8) is 0 Å². The molecule has 112 valence electrons. The van der Waals surface area contributed by atoms with Crippen LogP contribution >= 0.6 is 15.9 Å². The van der Waals surface area contributed by atoms with E-state index in [-0.39, 0.29) is 18.9 Å². The fourth-order valence-electron chi connectivity index (χ4n) is 1.96. The first-order valence-electron chi connectivity index (χ1n) is 6.71. The summed E-state index contributed by atoms with van der Waals surface area (Å²) in [4.78, 5) is 16.1. The first-order chi connectivity index (χ1) is 10.7. The number of esters is 1. The third-order valence-corrected chi connectivity index (χ3v) is 3.45. The first-order valence-corrected chi connectivity index (χ1v) is 7.51. The molecule has 2 heterocycles. The van der Waals surface area contributed by atoms with Crippen molar-refractivity contribution in [3.05, 3.63) is 65.0 Å². The van der Waals surface area contributed by atoms with Crippen LogP contribution in [0.15, 0.2) is 59.3 Å².